The van der Waals surface area contributed by atoms with Gasteiger partial charge in [-0.05, 0) is 56.1 Å². The van der Waals surface area contributed by atoms with Crippen LogP contribution in [0, 0.1) is 5.82 Å². The molecule has 2 N–H and O–H groups in total. The van der Waals surface area contributed by atoms with Gasteiger partial charge in [-0.25, -0.2) is 14.4 Å². The molecule has 0 spiro atoms. The van der Waals surface area contributed by atoms with E-state index < -0.39 is 18.7 Å². The summed E-state index contributed by atoms with van der Waals surface area (Å²) in [5.41, 5.74) is 1.43. The standard InChI is InChI=1S/C29H26ClF4N5O3/c1-39(2)10-4-7-27(40)38-24-13-21-23(14-26(24)42-16-29(32,33)34)35-17-36-28(21)37-20-8-9-25(22(30)12-20)41-15-18-5-3-6-19(31)11-18/h3-9,11-14,17H,10,15-16H2,1-2H3,(H,38,40)(H,35,36,37)/b7-4+. The fourth-order valence-corrected chi connectivity index (χ4v) is 3.96. The van der Waals surface area contributed by atoms with E-state index in [2.05, 4.69) is 20.6 Å². The summed E-state index contributed by atoms with van der Waals surface area (Å²) in [6.45, 7) is -0.958. The molecule has 0 bridgehead atoms. The third kappa shape index (κ3) is 8.79. The summed E-state index contributed by atoms with van der Waals surface area (Å²) < 4.78 is 62.9. The Morgan fingerprint density at radius 3 is 2.57 bits per heavy atom. The van der Waals surface area contributed by atoms with Gasteiger partial charge in [-0.1, -0.05) is 29.8 Å². The minimum Gasteiger partial charge on any atom is -0.487 e. The van der Waals surface area contributed by atoms with Crippen molar-refractivity contribution in [3.8, 4) is 11.5 Å². The molecular weight excluding hydrogens is 578 g/mol. The van der Waals surface area contributed by atoms with Crippen molar-refractivity contribution in [2.75, 3.05) is 37.9 Å². The van der Waals surface area contributed by atoms with E-state index in [1.807, 2.05) is 19.0 Å². The number of alkyl halides is 3. The lowest BCUT2D eigenvalue weighted by Crippen LogP contribution is -2.20. The molecular formula is C29H26ClF4N5O3. The first-order chi connectivity index (χ1) is 20.0. The first-order valence-electron chi connectivity index (χ1n) is 12.5. The molecule has 0 aliphatic heterocycles. The lowest BCUT2D eigenvalue weighted by atomic mass is 10.1. The molecule has 3 aromatic carbocycles. The summed E-state index contributed by atoms with van der Waals surface area (Å²) in [6.07, 6.45) is -0.471. The monoisotopic (exact) mass is 603 g/mol. The Labute approximate surface area is 243 Å². The topological polar surface area (TPSA) is 88.6 Å². The molecule has 8 nitrogen and oxygen atoms in total. The van der Waals surface area contributed by atoms with Crippen LogP contribution in [0.1, 0.15) is 5.56 Å². The smallest absolute Gasteiger partial charge is 0.422 e. The number of carbonyl (C=O) groups is 1. The van der Waals surface area contributed by atoms with Gasteiger partial charge in [-0.3, -0.25) is 4.79 Å². The van der Waals surface area contributed by atoms with Crippen LogP contribution in [0.2, 0.25) is 5.02 Å². The van der Waals surface area contributed by atoms with E-state index >= 15 is 0 Å². The molecule has 0 unspecified atom stereocenters. The van der Waals surface area contributed by atoms with Gasteiger partial charge < -0.3 is 25.0 Å². The van der Waals surface area contributed by atoms with E-state index in [-0.39, 0.29) is 34.4 Å². The maximum atomic E-state index is 13.4. The van der Waals surface area contributed by atoms with Gasteiger partial charge in [-0.15, -0.1) is 0 Å². The fourth-order valence-electron chi connectivity index (χ4n) is 3.73. The Balaban J connectivity index is 1.58. The van der Waals surface area contributed by atoms with Crippen molar-refractivity contribution in [1.29, 1.82) is 0 Å². The number of hydrogen-bond donors (Lipinski definition) is 2. The van der Waals surface area contributed by atoms with Crippen LogP contribution in [0.5, 0.6) is 11.5 Å². The molecule has 1 heterocycles. The number of likely N-dealkylation sites (N-methyl/N-ethyl adjacent to an activating group) is 1. The van der Waals surface area contributed by atoms with Crippen molar-refractivity contribution in [1.82, 2.24) is 14.9 Å². The van der Waals surface area contributed by atoms with Gasteiger partial charge in [0.1, 0.15) is 36.1 Å². The average Bonchev–Trinajstić information content (AvgIpc) is 2.91. The fraction of sp³-hybridized carbons (Fsp3) is 0.207. The van der Waals surface area contributed by atoms with Crippen molar-refractivity contribution in [3.05, 3.63) is 89.5 Å². The third-order valence-electron chi connectivity index (χ3n) is 5.60. The number of halogens is 5. The SMILES string of the molecule is CN(C)C/C=C/C(=O)Nc1cc2c(Nc3ccc(OCc4cccc(F)c4)c(Cl)c3)ncnc2cc1OCC(F)(F)F. The quantitative estimate of drug-likeness (QED) is 0.145. The van der Waals surface area contributed by atoms with E-state index in [1.165, 1.54) is 36.7 Å². The number of amides is 1. The molecule has 1 aromatic heterocycles. The van der Waals surface area contributed by atoms with E-state index in [4.69, 9.17) is 21.1 Å². The van der Waals surface area contributed by atoms with Crippen LogP contribution < -0.4 is 20.1 Å². The van der Waals surface area contributed by atoms with Gasteiger partial charge in [0.05, 0.1) is 16.2 Å². The molecule has 1 amide bonds. The second-order valence-electron chi connectivity index (χ2n) is 9.33. The molecule has 42 heavy (non-hydrogen) atoms. The number of aromatic nitrogens is 2. The van der Waals surface area contributed by atoms with Crippen LogP contribution in [0.25, 0.3) is 10.9 Å². The molecule has 0 saturated carbocycles. The van der Waals surface area contributed by atoms with Crippen LogP contribution in [0.15, 0.2) is 73.1 Å². The minimum absolute atomic E-state index is 0.00299. The number of anilines is 3. The van der Waals surface area contributed by atoms with Crippen LogP contribution >= 0.6 is 11.6 Å². The van der Waals surface area contributed by atoms with Gasteiger partial charge in [0.15, 0.2) is 6.61 Å². The Bertz CT molecular complexity index is 1600. The summed E-state index contributed by atoms with van der Waals surface area (Å²) in [5.74, 6) is -0.466. The number of rotatable bonds is 11. The molecule has 4 rings (SSSR count). The van der Waals surface area contributed by atoms with Crippen molar-refractivity contribution >= 4 is 45.6 Å². The maximum Gasteiger partial charge on any atom is 0.422 e. The summed E-state index contributed by atoms with van der Waals surface area (Å²) in [6, 6.07) is 13.6. The van der Waals surface area contributed by atoms with E-state index in [1.54, 1.807) is 36.4 Å². The predicted octanol–water partition coefficient (Wildman–Crippen LogP) is 6.74. The molecule has 0 aliphatic carbocycles. The maximum absolute atomic E-state index is 13.4. The highest BCUT2D eigenvalue weighted by molar-refractivity contribution is 6.32. The number of fused-ring (bicyclic) bond motifs is 1. The number of hydrogen-bond acceptors (Lipinski definition) is 7. The second kappa shape index (κ2) is 13.5. The highest BCUT2D eigenvalue weighted by Crippen LogP contribution is 2.35. The summed E-state index contributed by atoms with van der Waals surface area (Å²) in [7, 11) is 3.65. The Kier molecular flexibility index (Phi) is 9.81. The van der Waals surface area contributed by atoms with Gasteiger partial charge in [0.2, 0.25) is 5.91 Å². The van der Waals surface area contributed by atoms with E-state index in [0.29, 0.717) is 34.7 Å². The zero-order chi connectivity index (χ0) is 30.3. The molecule has 4 aromatic rings. The lowest BCUT2D eigenvalue weighted by Gasteiger charge is -2.16. The number of nitrogens with zero attached hydrogens (tertiary/aromatic N) is 3. The molecule has 0 radical (unpaired) electrons. The van der Waals surface area contributed by atoms with Crippen LogP contribution in [0.4, 0.5) is 34.8 Å². The largest absolute Gasteiger partial charge is 0.487 e. The number of benzene rings is 3. The zero-order valence-electron chi connectivity index (χ0n) is 22.5. The Hall–Kier alpha value is -4.42. The first-order valence-corrected chi connectivity index (χ1v) is 12.9. The number of nitrogens with one attached hydrogen (secondary N) is 2. The summed E-state index contributed by atoms with van der Waals surface area (Å²) in [5, 5.41) is 6.34. The number of carbonyl (C=O) groups excluding carboxylic acids is 1. The normalized spacial score (nSPS) is 11.7. The van der Waals surface area contributed by atoms with Crippen molar-refractivity contribution < 1.29 is 31.8 Å². The highest BCUT2D eigenvalue weighted by Gasteiger charge is 2.29. The van der Waals surface area contributed by atoms with Crippen molar-refractivity contribution in [2.24, 2.45) is 0 Å². The van der Waals surface area contributed by atoms with Crippen LogP contribution in [0.3, 0.4) is 0 Å². The van der Waals surface area contributed by atoms with E-state index in [0.717, 1.165) is 0 Å². The molecule has 13 heteroatoms. The van der Waals surface area contributed by atoms with Gasteiger partial charge in [-0.2, -0.15) is 13.2 Å². The van der Waals surface area contributed by atoms with Gasteiger partial charge in [0.25, 0.3) is 0 Å². The molecule has 220 valence electrons. The molecule has 0 aliphatic rings. The lowest BCUT2D eigenvalue weighted by molar-refractivity contribution is -0.153. The zero-order valence-corrected chi connectivity index (χ0v) is 23.3. The van der Waals surface area contributed by atoms with Crippen LogP contribution in [-0.4, -0.2) is 54.2 Å². The van der Waals surface area contributed by atoms with Crippen LogP contribution in [-0.2, 0) is 11.4 Å². The minimum atomic E-state index is -4.59. The molecule has 0 saturated heterocycles. The van der Waals surface area contributed by atoms with Crippen molar-refractivity contribution in [2.45, 2.75) is 12.8 Å². The summed E-state index contributed by atoms with van der Waals surface area (Å²) in [4.78, 5) is 22.7. The highest BCUT2D eigenvalue weighted by atomic mass is 35.5. The Morgan fingerprint density at radius 2 is 1.86 bits per heavy atom. The molecule has 0 atom stereocenters. The average molecular weight is 604 g/mol. The first kappa shape index (κ1) is 30.5. The van der Waals surface area contributed by atoms with E-state index in [9.17, 15) is 22.4 Å². The Morgan fingerprint density at radius 1 is 1.05 bits per heavy atom. The summed E-state index contributed by atoms with van der Waals surface area (Å²) >= 11 is 6.41. The number of ether oxygens (including phenoxy) is 2. The molecule has 0 fully saturated rings. The van der Waals surface area contributed by atoms with Crippen molar-refractivity contribution in [3.63, 3.8) is 0 Å². The van der Waals surface area contributed by atoms with Gasteiger partial charge in [0, 0.05) is 29.8 Å². The predicted molar refractivity (Wildman–Crippen MR) is 153 cm³/mol. The third-order valence-corrected chi connectivity index (χ3v) is 5.90. The second-order valence-corrected chi connectivity index (χ2v) is 9.74. The van der Waals surface area contributed by atoms with Gasteiger partial charge >= 0.3 is 6.18 Å².